The first-order chi connectivity index (χ1) is 13.8. The summed E-state index contributed by atoms with van der Waals surface area (Å²) >= 11 is 0. The van der Waals surface area contributed by atoms with E-state index in [9.17, 15) is 30.0 Å². The molecule has 166 valence electrons. The van der Waals surface area contributed by atoms with Gasteiger partial charge in [0.05, 0.1) is 16.9 Å². The van der Waals surface area contributed by atoms with E-state index >= 15 is 0 Å². The maximum absolute atomic E-state index is 13.4. The second-order valence-electron chi connectivity index (χ2n) is 10.8. The number of aliphatic hydroxyl groups excluding tert-OH is 3. The van der Waals surface area contributed by atoms with Crippen molar-refractivity contribution in [2.45, 2.75) is 82.3 Å². The molecule has 0 radical (unpaired) electrons. The summed E-state index contributed by atoms with van der Waals surface area (Å²) in [5, 5.41) is 45.1. The Bertz CT molecular complexity index is 883. The summed E-state index contributed by atoms with van der Waals surface area (Å²) in [5.74, 6) is -3.26. The van der Waals surface area contributed by atoms with Gasteiger partial charge in [0.1, 0.15) is 17.8 Å². The quantitative estimate of drug-likeness (QED) is 0.334. The Morgan fingerprint density at radius 1 is 1.10 bits per heavy atom. The lowest BCUT2D eigenvalue weighted by atomic mass is 9.51. The van der Waals surface area contributed by atoms with Crippen LogP contribution in [0.2, 0.25) is 0 Å². The third kappa shape index (κ3) is 1.39. The highest BCUT2D eigenvalue weighted by molar-refractivity contribution is 5.91. The molecule has 2 spiro atoms. The Labute approximate surface area is 172 Å². The Kier molecular flexibility index (Phi) is 3.15. The second-order valence-corrected chi connectivity index (χ2v) is 10.8. The number of hydrogen-bond acceptors (Lipinski definition) is 10. The predicted molar refractivity (Wildman–Crippen MR) is 93.0 cm³/mol. The first kappa shape index (κ1) is 19.4. The molecule has 6 fully saturated rings. The average molecular weight is 426 g/mol. The lowest BCUT2D eigenvalue weighted by Crippen LogP contribution is -2.67. The fourth-order valence-corrected chi connectivity index (χ4v) is 8.25. The number of aliphatic hydroxyl groups is 4. The van der Waals surface area contributed by atoms with Gasteiger partial charge in [-0.2, -0.15) is 0 Å². The maximum atomic E-state index is 13.4. The van der Waals surface area contributed by atoms with Crippen molar-refractivity contribution in [2.24, 2.45) is 28.1 Å². The third-order valence-electron chi connectivity index (χ3n) is 9.15. The Morgan fingerprint density at radius 3 is 2.40 bits per heavy atom. The van der Waals surface area contributed by atoms with Gasteiger partial charge in [0.25, 0.3) is 0 Å². The Morgan fingerprint density at radius 2 is 1.77 bits per heavy atom. The van der Waals surface area contributed by atoms with E-state index in [1.165, 1.54) is 6.92 Å². The van der Waals surface area contributed by atoms with Crippen molar-refractivity contribution >= 4 is 11.9 Å². The Balaban J connectivity index is 1.71. The van der Waals surface area contributed by atoms with Crippen LogP contribution in [-0.4, -0.2) is 80.6 Å². The molecule has 6 rings (SSSR count). The molecule has 4 saturated heterocycles. The largest absolute Gasteiger partial charge is 0.459 e. The number of carbonyl (C=O) groups is 2. The summed E-state index contributed by atoms with van der Waals surface area (Å²) in [5.41, 5.74) is -8.01. The van der Waals surface area contributed by atoms with Gasteiger partial charge in [-0.15, -0.1) is 0 Å². The monoisotopic (exact) mass is 426 g/mol. The number of ether oxygens (including phenoxy) is 4. The van der Waals surface area contributed by atoms with Crippen LogP contribution >= 0.6 is 0 Å². The highest BCUT2D eigenvalue weighted by Crippen LogP contribution is 2.84. The van der Waals surface area contributed by atoms with Crippen LogP contribution < -0.4 is 0 Å². The molecule has 0 aromatic rings. The SMILES string of the molecule is C[C@@H]1C(O)OC2[C@H](O)C34C5C[C@@H](C(C)(C)C)C36C(OC(=O)[C@@H]6O)O[C@@]4(C(=O)O5)[C@]21O. The molecular weight excluding hydrogens is 400 g/mol. The highest BCUT2D eigenvalue weighted by Gasteiger charge is 3.03. The van der Waals surface area contributed by atoms with E-state index in [1.54, 1.807) is 0 Å². The van der Waals surface area contributed by atoms with E-state index < -0.39 is 88.2 Å². The predicted octanol–water partition coefficient (Wildman–Crippen LogP) is -1.58. The molecule has 10 heteroatoms. The molecule has 4 N–H and O–H groups in total. The molecule has 6 unspecified atom stereocenters. The van der Waals surface area contributed by atoms with Crippen LogP contribution in [0.4, 0.5) is 0 Å². The molecule has 2 saturated carbocycles. The van der Waals surface area contributed by atoms with Crippen molar-refractivity contribution in [3.63, 3.8) is 0 Å². The van der Waals surface area contributed by atoms with Gasteiger partial charge in [-0.25, -0.2) is 9.59 Å². The molecular formula is C20H26O10. The van der Waals surface area contributed by atoms with E-state index in [2.05, 4.69) is 0 Å². The van der Waals surface area contributed by atoms with Crippen molar-refractivity contribution in [3.05, 3.63) is 0 Å². The van der Waals surface area contributed by atoms with Crippen molar-refractivity contribution in [3.8, 4) is 0 Å². The van der Waals surface area contributed by atoms with Gasteiger partial charge in [-0.3, -0.25) is 0 Å². The van der Waals surface area contributed by atoms with Gasteiger partial charge in [0.15, 0.2) is 12.4 Å². The Hall–Kier alpha value is -1.30. The zero-order chi connectivity index (χ0) is 21.8. The summed E-state index contributed by atoms with van der Waals surface area (Å²) in [6, 6.07) is 0. The van der Waals surface area contributed by atoms with Gasteiger partial charge < -0.3 is 39.4 Å². The lowest BCUT2D eigenvalue weighted by Gasteiger charge is -2.47. The van der Waals surface area contributed by atoms with Crippen LogP contribution in [0.15, 0.2) is 0 Å². The van der Waals surface area contributed by atoms with Gasteiger partial charge >= 0.3 is 11.9 Å². The molecule has 10 nitrogen and oxygen atoms in total. The van der Waals surface area contributed by atoms with E-state index in [0.717, 1.165) is 0 Å². The van der Waals surface area contributed by atoms with Crippen molar-refractivity contribution in [1.82, 2.24) is 0 Å². The molecule has 0 aromatic carbocycles. The summed E-state index contributed by atoms with van der Waals surface area (Å²) in [4.78, 5) is 25.9. The molecule has 0 bridgehead atoms. The fourth-order valence-electron chi connectivity index (χ4n) is 8.25. The minimum atomic E-state index is -2.15. The number of hydrogen-bond donors (Lipinski definition) is 4. The average Bonchev–Trinajstić information content (AvgIpc) is 3.35. The number of fused-ring (bicyclic) bond motifs is 1. The molecule has 4 heterocycles. The smallest absolute Gasteiger partial charge is 0.342 e. The van der Waals surface area contributed by atoms with Crippen LogP contribution in [0.25, 0.3) is 0 Å². The van der Waals surface area contributed by atoms with Crippen molar-refractivity contribution in [2.75, 3.05) is 0 Å². The normalized spacial score (nSPS) is 62.8. The molecule has 2 aliphatic carbocycles. The first-order valence-electron chi connectivity index (χ1n) is 10.4. The van der Waals surface area contributed by atoms with Crippen LogP contribution in [0.5, 0.6) is 0 Å². The van der Waals surface area contributed by atoms with Gasteiger partial charge in [0, 0.05) is 5.92 Å². The standard InChI is InChI=1S/C20H26O10/c1-6-12(23)28-11-9(21)18-8-5-7(16(2,3)4)17(18)10(22)13(24)29-15(17)30-20(18,14(25)27-8)19(6,11)26/h6-12,15,21-23,26H,5H2,1-4H3/t6-,7+,8?,9+,10+,11?,12?,15?,17?,18?,19-,20-/m1/s1. The van der Waals surface area contributed by atoms with E-state index in [-0.39, 0.29) is 6.42 Å². The van der Waals surface area contributed by atoms with E-state index in [1.807, 2.05) is 20.8 Å². The molecule has 6 aliphatic rings. The summed E-state index contributed by atoms with van der Waals surface area (Å²) in [7, 11) is 0. The summed E-state index contributed by atoms with van der Waals surface area (Å²) in [6.07, 6.45) is -8.09. The molecule has 12 atom stereocenters. The minimum Gasteiger partial charge on any atom is -0.459 e. The third-order valence-corrected chi connectivity index (χ3v) is 9.15. The van der Waals surface area contributed by atoms with E-state index in [4.69, 9.17) is 18.9 Å². The second kappa shape index (κ2) is 4.87. The minimum absolute atomic E-state index is 0.251. The lowest BCUT2D eigenvalue weighted by molar-refractivity contribution is -0.239. The first-order valence-corrected chi connectivity index (χ1v) is 10.4. The zero-order valence-electron chi connectivity index (χ0n) is 17.1. The molecule has 30 heavy (non-hydrogen) atoms. The fraction of sp³-hybridized carbons (Fsp3) is 0.900. The van der Waals surface area contributed by atoms with E-state index in [0.29, 0.717) is 0 Å². The number of carbonyl (C=O) groups excluding carboxylic acids is 2. The number of esters is 2. The van der Waals surface area contributed by atoms with Gasteiger partial charge in [-0.05, 0) is 17.8 Å². The summed E-state index contributed by atoms with van der Waals surface area (Å²) in [6.45, 7) is 7.28. The van der Waals surface area contributed by atoms with Crippen LogP contribution in [0.3, 0.4) is 0 Å². The van der Waals surface area contributed by atoms with Gasteiger partial charge in [0.2, 0.25) is 11.9 Å². The zero-order valence-corrected chi connectivity index (χ0v) is 17.1. The topological polar surface area (TPSA) is 152 Å². The van der Waals surface area contributed by atoms with Crippen LogP contribution in [0.1, 0.15) is 34.1 Å². The molecule has 0 aromatic heterocycles. The molecule has 4 aliphatic heterocycles. The van der Waals surface area contributed by atoms with Crippen LogP contribution in [-0.2, 0) is 28.5 Å². The molecule has 0 amide bonds. The van der Waals surface area contributed by atoms with Crippen molar-refractivity contribution < 1.29 is 49.0 Å². The highest BCUT2D eigenvalue weighted by atomic mass is 16.8. The maximum Gasteiger partial charge on any atom is 0.342 e. The number of rotatable bonds is 0. The van der Waals surface area contributed by atoms with Crippen LogP contribution in [0, 0.1) is 28.1 Å². The van der Waals surface area contributed by atoms with Crippen molar-refractivity contribution in [1.29, 1.82) is 0 Å². The summed E-state index contributed by atoms with van der Waals surface area (Å²) < 4.78 is 22.8. The van der Waals surface area contributed by atoms with Gasteiger partial charge in [-0.1, -0.05) is 27.7 Å².